The number of carbonyl (C=O) groups is 1. The quantitative estimate of drug-likeness (QED) is 0.487. The zero-order valence-corrected chi connectivity index (χ0v) is 10.3. The fraction of sp³-hybridized carbons (Fsp3) is 0.636. The van der Waals surface area contributed by atoms with Gasteiger partial charge in [-0.2, -0.15) is 18.3 Å². The summed E-state index contributed by atoms with van der Waals surface area (Å²) >= 11 is 0. The molecular formula is C11H12F3N3O3. The first-order valence-corrected chi connectivity index (χ1v) is 6.09. The van der Waals surface area contributed by atoms with Gasteiger partial charge in [0.15, 0.2) is 0 Å². The maximum Gasteiger partial charge on any atom is 0.442 e. The Balaban J connectivity index is 2.26. The van der Waals surface area contributed by atoms with E-state index in [1.807, 2.05) is 0 Å². The molecule has 9 heteroatoms. The summed E-state index contributed by atoms with van der Waals surface area (Å²) in [5, 5.41) is 14.0. The van der Waals surface area contributed by atoms with Crippen molar-refractivity contribution in [3.63, 3.8) is 0 Å². The molecule has 0 amide bonds. The number of carbonyl (C=O) groups excluding carboxylic acids is 1. The molecule has 110 valence electrons. The summed E-state index contributed by atoms with van der Waals surface area (Å²) in [6.07, 6.45) is -1.10. The minimum atomic E-state index is -4.85. The molecule has 0 N–H and O–H groups in total. The van der Waals surface area contributed by atoms with E-state index in [1.54, 1.807) is 0 Å². The van der Waals surface area contributed by atoms with Crippen molar-refractivity contribution in [2.24, 2.45) is 5.92 Å². The van der Waals surface area contributed by atoms with Gasteiger partial charge in [-0.15, -0.1) is 0 Å². The second kappa shape index (κ2) is 5.22. The molecule has 0 bridgehead atoms. The van der Waals surface area contributed by atoms with E-state index in [9.17, 15) is 28.1 Å². The smallest absolute Gasteiger partial charge is 0.303 e. The van der Waals surface area contributed by atoms with Gasteiger partial charge in [0.2, 0.25) is 5.69 Å². The van der Waals surface area contributed by atoms with Gasteiger partial charge in [-0.05, 0) is 25.7 Å². The molecule has 2 rings (SSSR count). The van der Waals surface area contributed by atoms with Crippen molar-refractivity contribution in [2.75, 3.05) is 0 Å². The average Bonchev–Trinajstić information content (AvgIpc) is 2.84. The summed E-state index contributed by atoms with van der Waals surface area (Å²) in [5.41, 5.74) is -2.50. The molecule has 1 aromatic rings. The molecule has 20 heavy (non-hydrogen) atoms. The molecule has 1 aliphatic rings. The van der Waals surface area contributed by atoms with Crippen molar-refractivity contribution >= 4 is 12.0 Å². The lowest BCUT2D eigenvalue weighted by molar-refractivity contribution is -0.388. The number of aromatic nitrogens is 2. The number of hydrogen-bond donors (Lipinski definition) is 0. The minimum absolute atomic E-state index is 0.0844. The zero-order chi connectivity index (χ0) is 14.9. The van der Waals surface area contributed by atoms with Crippen LogP contribution in [0, 0.1) is 16.0 Å². The van der Waals surface area contributed by atoms with Gasteiger partial charge in [0, 0.05) is 5.92 Å². The molecule has 0 radical (unpaired) electrons. The number of alkyl halides is 3. The number of hydrogen-bond acceptors (Lipinski definition) is 4. The highest BCUT2D eigenvalue weighted by atomic mass is 19.4. The van der Waals surface area contributed by atoms with Crippen molar-refractivity contribution in [3.05, 3.63) is 22.0 Å². The standard InChI is InChI=1S/C11H12F3N3O3/c12-11(13,14)10-9(17(19)20)5-16(15-10)8-3-1-7(6-18)2-4-8/h5-8H,1-4H2. The van der Waals surface area contributed by atoms with E-state index < -0.39 is 22.5 Å². The molecule has 0 atom stereocenters. The Morgan fingerprint density at radius 2 is 1.95 bits per heavy atom. The zero-order valence-electron chi connectivity index (χ0n) is 10.3. The van der Waals surface area contributed by atoms with Gasteiger partial charge in [0.25, 0.3) is 0 Å². The first kappa shape index (κ1) is 14.5. The first-order chi connectivity index (χ1) is 9.32. The van der Waals surface area contributed by atoms with E-state index in [0.29, 0.717) is 25.7 Å². The fourth-order valence-electron chi connectivity index (χ4n) is 2.41. The largest absolute Gasteiger partial charge is 0.442 e. The maximum atomic E-state index is 12.7. The van der Waals surface area contributed by atoms with Crippen LogP contribution in [0.1, 0.15) is 37.4 Å². The highest BCUT2D eigenvalue weighted by Crippen LogP contribution is 2.37. The molecule has 1 heterocycles. The Kier molecular flexibility index (Phi) is 3.78. The number of rotatable bonds is 3. The van der Waals surface area contributed by atoms with E-state index in [-0.39, 0.29) is 12.0 Å². The fourth-order valence-corrected chi connectivity index (χ4v) is 2.41. The summed E-state index contributed by atoms with van der Waals surface area (Å²) < 4.78 is 39.1. The molecule has 0 aromatic carbocycles. The van der Waals surface area contributed by atoms with Gasteiger partial charge >= 0.3 is 11.9 Å². The lowest BCUT2D eigenvalue weighted by atomic mass is 9.87. The summed E-state index contributed by atoms with van der Waals surface area (Å²) in [4.78, 5) is 20.2. The SMILES string of the molecule is O=CC1CCC(n2cc([N+](=O)[O-])c(C(F)(F)F)n2)CC1. The van der Waals surface area contributed by atoms with E-state index >= 15 is 0 Å². The minimum Gasteiger partial charge on any atom is -0.303 e. The molecule has 1 aliphatic carbocycles. The average molecular weight is 291 g/mol. The summed E-state index contributed by atoms with van der Waals surface area (Å²) in [5.74, 6) is -0.0844. The Morgan fingerprint density at radius 1 is 1.35 bits per heavy atom. The second-order valence-electron chi connectivity index (χ2n) is 4.80. The molecule has 0 saturated heterocycles. The van der Waals surface area contributed by atoms with Gasteiger partial charge in [-0.3, -0.25) is 14.8 Å². The van der Waals surface area contributed by atoms with Crippen LogP contribution in [0.15, 0.2) is 6.20 Å². The summed E-state index contributed by atoms with van der Waals surface area (Å²) in [7, 11) is 0. The Morgan fingerprint density at radius 3 is 2.35 bits per heavy atom. The Bertz CT molecular complexity index is 519. The number of nitrogens with zero attached hydrogens (tertiary/aromatic N) is 3. The van der Waals surface area contributed by atoms with Crippen LogP contribution in [-0.4, -0.2) is 21.0 Å². The molecule has 1 saturated carbocycles. The predicted octanol–water partition coefficient (Wildman–Crippen LogP) is 2.74. The third-order valence-corrected chi connectivity index (χ3v) is 3.49. The van der Waals surface area contributed by atoms with Gasteiger partial charge < -0.3 is 4.79 Å². The van der Waals surface area contributed by atoms with Crippen LogP contribution in [0.5, 0.6) is 0 Å². The van der Waals surface area contributed by atoms with Crippen molar-refractivity contribution in [2.45, 2.75) is 37.9 Å². The molecule has 0 aliphatic heterocycles. The van der Waals surface area contributed by atoms with Crippen LogP contribution in [0.4, 0.5) is 18.9 Å². The Hall–Kier alpha value is -1.93. The third kappa shape index (κ3) is 2.81. The van der Waals surface area contributed by atoms with E-state index in [2.05, 4.69) is 5.10 Å². The van der Waals surface area contributed by atoms with Crippen molar-refractivity contribution in [1.82, 2.24) is 9.78 Å². The lowest BCUT2D eigenvalue weighted by Gasteiger charge is -2.25. The van der Waals surface area contributed by atoms with Crippen LogP contribution in [-0.2, 0) is 11.0 Å². The molecule has 6 nitrogen and oxygen atoms in total. The second-order valence-corrected chi connectivity index (χ2v) is 4.80. The van der Waals surface area contributed by atoms with Gasteiger partial charge in [-0.25, -0.2) is 0 Å². The van der Waals surface area contributed by atoms with Crippen molar-refractivity contribution in [3.8, 4) is 0 Å². The summed E-state index contributed by atoms with van der Waals surface area (Å²) in [6.45, 7) is 0. The number of halogens is 3. The predicted molar refractivity (Wildman–Crippen MR) is 60.9 cm³/mol. The summed E-state index contributed by atoms with van der Waals surface area (Å²) in [6, 6.07) is -0.332. The topological polar surface area (TPSA) is 78.0 Å². The molecule has 0 spiro atoms. The van der Waals surface area contributed by atoms with Crippen LogP contribution in [0.2, 0.25) is 0 Å². The van der Waals surface area contributed by atoms with E-state index in [1.165, 1.54) is 0 Å². The van der Waals surface area contributed by atoms with E-state index in [4.69, 9.17) is 0 Å². The van der Waals surface area contributed by atoms with E-state index in [0.717, 1.165) is 17.2 Å². The Labute approximate surface area is 111 Å². The molecule has 1 aromatic heterocycles. The highest BCUT2D eigenvalue weighted by Gasteiger charge is 2.43. The van der Waals surface area contributed by atoms with Gasteiger partial charge in [0.05, 0.1) is 11.0 Å². The number of nitro groups is 1. The maximum absolute atomic E-state index is 12.7. The monoisotopic (exact) mass is 291 g/mol. The molecular weight excluding hydrogens is 279 g/mol. The van der Waals surface area contributed by atoms with Crippen molar-refractivity contribution in [1.29, 1.82) is 0 Å². The normalized spacial score (nSPS) is 23.6. The van der Waals surface area contributed by atoms with Crippen LogP contribution in [0.3, 0.4) is 0 Å². The lowest BCUT2D eigenvalue weighted by Crippen LogP contribution is -2.20. The van der Waals surface area contributed by atoms with Gasteiger partial charge in [-0.1, -0.05) is 0 Å². The molecule has 1 fully saturated rings. The van der Waals surface area contributed by atoms with Crippen LogP contribution >= 0.6 is 0 Å². The molecule has 0 unspecified atom stereocenters. The van der Waals surface area contributed by atoms with Crippen LogP contribution in [0.25, 0.3) is 0 Å². The number of aldehydes is 1. The van der Waals surface area contributed by atoms with Gasteiger partial charge in [0.1, 0.15) is 12.5 Å². The highest BCUT2D eigenvalue weighted by molar-refractivity contribution is 5.53. The van der Waals surface area contributed by atoms with Crippen LogP contribution < -0.4 is 0 Å². The third-order valence-electron chi connectivity index (χ3n) is 3.49. The first-order valence-electron chi connectivity index (χ1n) is 6.09. The van der Waals surface area contributed by atoms with Crippen molar-refractivity contribution < 1.29 is 22.9 Å².